The second-order valence-electron chi connectivity index (χ2n) is 8.51. The summed E-state index contributed by atoms with van der Waals surface area (Å²) >= 11 is 0. The van der Waals surface area contributed by atoms with Gasteiger partial charge in [0.25, 0.3) is 0 Å². The molecule has 4 heteroatoms. The van der Waals surface area contributed by atoms with Crippen molar-refractivity contribution in [2.75, 3.05) is 0 Å². The molecule has 0 spiro atoms. The summed E-state index contributed by atoms with van der Waals surface area (Å²) in [4.78, 5) is 4.55. The zero-order valence-electron chi connectivity index (χ0n) is 16.4. The van der Waals surface area contributed by atoms with Crippen molar-refractivity contribution in [1.82, 2.24) is 4.98 Å². The smallest absolute Gasteiger partial charge is 0.228 e. The summed E-state index contributed by atoms with van der Waals surface area (Å²) in [6.45, 7) is 9.31. The zero-order valence-corrected chi connectivity index (χ0v) is 17.4. The molecule has 2 aromatic carbocycles. The average molecular weight is 372 g/mol. The molecule has 1 aliphatic rings. The van der Waals surface area contributed by atoms with E-state index in [-0.39, 0.29) is 0 Å². The molecule has 0 fully saturated rings. The Kier molecular flexibility index (Phi) is 3.29. The minimum Gasteiger partial charge on any atom is -0.455 e. The molecule has 27 heavy (non-hydrogen) atoms. The monoisotopic (exact) mass is 371 g/mol. The van der Waals surface area contributed by atoms with E-state index in [0.29, 0.717) is 0 Å². The van der Waals surface area contributed by atoms with Gasteiger partial charge in [0.2, 0.25) is 5.69 Å². The van der Waals surface area contributed by atoms with Crippen LogP contribution in [0, 0.1) is 6.92 Å². The van der Waals surface area contributed by atoms with Crippen molar-refractivity contribution in [1.29, 1.82) is 0 Å². The van der Waals surface area contributed by atoms with E-state index < -0.39 is 8.07 Å². The van der Waals surface area contributed by atoms with Gasteiger partial charge in [0.15, 0.2) is 6.20 Å². The Balaban J connectivity index is 1.94. The number of aryl methyl sites for hydroxylation is 2. The van der Waals surface area contributed by atoms with Crippen molar-refractivity contribution in [2.45, 2.75) is 26.6 Å². The van der Waals surface area contributed by atoms with Crippen molar-refractivity contribution in [2.24, 2.45) is 7.05 Å². The van der Waals surface area contributed by atoms with Crippen molar-refractivity contribution in [3.05, 3.63) is 54.4 Å². The van der Waals surface area contributed by atoms with Gasteiger partial charge in [-0.15, -0.1) is 0 Å². The summed E-state index contributed by atoms with van der Waals surface area (Å²) in [7, 11) is 0.668. The molecular weight excluding hydrogens is 348 g/mol. The molecule has 0 saturated heterocycles. The molecule has 3 heterocycles. The number of hydrogen-bond acceptors (Lipinski definition) is 2. The van der Waals surface area contributed by atoms with Crippen molar-refractivity contribution in [3.63, 3.8) is 0 Å². The number of nitrogens with zero attached hydrogens (tertiary/aromatic N) is 2. The fourth-order valence-corrected chi connectivity index (χ4v) is 5.29. The second kappa shape index (κ2) is 5.39. The first kappa shape index (κ1) is 16.5. The summed E-state index contributed by atoms with van der Waals surface area (Å²) in [5.41, 5.74) is 4.61. The third kappa shape index (κ3) is 2.33. The van der Waals surface area contributed by atoms with E-state index in [9.17, 15) is 0 Å². The maximum absolute atomic E-state index is 6.50. The fourth-order valence-electron chi connectivity index (χ4n) is 4.14. The number of pyridine rings is 2. The quantitative estimate of drug-likeness (QED) is 0.311. The Labute approximate surface area is 160 Å². The van der Waals surface area contributed by atoms with Gasteiger partial charge < -0.3 is 4.74 Å². The molecule has 5 rings (SSSR count). The third-order valence-corrected chi connectivity index (χ3v) is 7.68. The largest absolute Gasteiger partial charge is 0.455 e. The topological polar surface area (TPSA) is 26.0 Å². The van der Waals surface area contributed by atoms with Crippen LogP contribution in [0.2, 0.25) is 19.6 Å². The molecule has 0 radical (unpaired) electrons. The van der Waals surface area contributed by atoms with Crippen molar-refractivity contribution < 1.29 is 9.30 Å². The van der Waals surface area contributed by atoms with Crippen LogP contribution >= 0.6 is 0 Å². The first-order chi connectivity index (χ1) is 12.8. The zero-order chi connectivity index (χ0) is 18.9. The minimum absolute atomic E-state index is 0.905. The van der Waals surface area contributed by atoms with Crippen LogP contribution in [-0.4, -0.2) is 13.1 Å². The van der Waals surface area contributed by atoms with Crippen LogP contribution in [0.25, 0.3) is 32.9 Å². The predicted octanol–water partition coefficient (Wildman–Crippen LogP) is 4.84. The minimum atomic E-state index is -1.45. The SMILES string of the molecule is Cc1c2c(cc3ncccc13)Oc1cc([Si](C)(C)C)cc3cc[n+](C)c-2c13. The second-order valence-corrected chi connectivity index (χ2v) is 13.6. The summed E-state index contributed by atoms with van der Waals surface area (Å²) in [5.74, 6) is 1.88. The van der Waals surface area contributed by atoms with Crippen LogP contribution in [0.4, 0.5) is 0 Å². The lowest BCUT2D eigenvalue weighted by atomic mass is 9.93. The molecule has 0 aliphatic carbocycles. The molecular formula is C23H23N2OSi+. The summed E-state index contributed by atoms with van der Waals surface area (Å²) in [6.07, 6.45) is 4.01. The molecule has 134 valence electrons. The first-order valence-electron chi connectivity index (χ1n) is 9.38. The molecule has 2 aromatic heterocycles. The summed E-state index contributed by atoms with van der Waals surface area (Å²) in [5, 5.41) is 5.07. The normalized spacial score (nSPS) is 12.9. The standard InChI is InChI=1S/C23H23N2OSi/c1-14-17-7-6-9-24-18(17)13-20-21(14)23-22-15(8-10-25(23)2)11-16(27(3,4)5)12-19(22)26-20/h6-13H,1-5H3/q+1. The van der Waals surface area contributed by atoms with E-state index in [2.05, 4.69) is 79.7 Å². The highest BCUT2D eigenvalue weighted by atomic mass is 28.3. The molecule has 0 bridgehead atoms. The van der Waals surface area contributed by atoms with Crippen LogP contribution in [0.1, 0.15) is 5.56 Å². The Morgan fingerprint density at radius 1 is 1.04 bits per heavy atom. The number of benzene rings is 2. The molecule has 0 atom stereocenters. The van der Waals surface area contributed by atoms with E-state index in [4.69, 9.17) is 4.74 Å². The number of hydrogen-bond donors (Lipinski definition) is 0. The van der Waals surface area contributed by atoms with Gasteiger partial charge in [-0.3, -0.25) is 4.98 Å². The lowest BCUT2D eigenvalue weighted by molar-refractivity contribution is -0.659. The average Bonchev–Trinajstić information content (AvgIpc) is 2.63. The van der Waals surface area contributed by atoms with Gasteiger partial charge in [-0.05, 0) is 30.0 Å². The van der Waals surface area contributed by atoms with Gasteiger partial charge in [0.1, 0.15) is 18.5 Å². The molecule has 0 amide bonds. The Morgan fingerprint density at radius 2 is 1.85 bits per heavy atom. The molecule has 1 aliphatic heterocycles. The van der Waals surface area contributed by atoms with E-state index in [1.165, 1.54) is 38.2 Å². The highest BCUT2D eigenvalue weighted by molar-refractivity contribution is 6.88. The van der Waals surface area contributed by atoms with Crippen molar-refractivity contribution >= 4 is 34.9 Å². The van der Waals surface area contributed by atoms with Crippen LogP contribution in [0.15, 0.2) is 48.8 Å². The molecule has 0 N–H and O–H groups in total. The maximum Gasteiger partial charge on any atom is 0.228 e. The van der Waals surface area contributed by atoms with Crippen molar-refractivity contribution in [3.8, 4) is 22.8 Å². The number of aromatic nitrogens is 2. The third-order valence-electron chi connectivity index (χ3n) is 5.65. The Bertz CT molecular complexity index is 1260. The van der Waals surface area contributed by atoms with Crippen LogP contribution in [0.5, 0.6) is 11.5 Å². The molecule has 0 unspecified atom stereocenters. The Morgan fingerprint density at radius 3 is 2.63 bits per heavy atom. The highest BCUT2D eigenvalue weighted by Gasteiger charge is 2.31. The van der Waals surface area contributed by atoms with E-state index in [0.717, 1.165) is 17.0 Å². The summed E-state index contributed by atoms with van der Waals surface area (Å²) < 4.78 is 8.72. The van der Waals surface area contributed by atoms with Crippen LogP contribution in [0.3, 0.4) is 0 Å². The number of ether oxygens (including phenoxy) is 1. The van der Waals surface area contributed by atoms with Crippen LogP contribution in [-0.2, 0) is 7.05 Å². The highest BCUT2D eigenvalue weighted by Crippen LogP contribution is 2.47. The molecule has 4 aromatic rings. The van der Waals surface area contributed by atoms with Gasteiger partial charge >= 0.3 is 0 Å². The van der Waals surface area contributed by atoms with Gasteiger partial charge in [0.05, 0.1) is 24.5 Å². The van der Waals surface area contributed by atoms with E-state index in [1.807, 2.05) is 12.3 Å². The maximum atomic E-state index is 6.50. The van der Waals surface area contributed by atoms with Gasteiger partial charge in [-0.25, -0.2) is 4.57 Å². The molecule has 3 nitrogen and oxygen atoms in total. The van der Waals surface area contributed by atoms with E-state index >= 15 is 0 Å². The van der Waals surface area contributed by atoms with Gasteiger partial charge in [-0.1, -0.05) is 37.0 Å². The van der Waals surface area contributed by atoms with Crippen LogP contribution < -0.4 is 14.5 Å². The van der Waals surface area contributed by atoms with Gasteiger partial charge in [0, 0.05) is 23.7 Å². The summed E-state index contributed by atoms with van der Waals surface area (Å²) in [6, 6.07) is 13.1. The Hall–Kier alpha value is -2.72. The van der Waals surface area contributed by atoms with E-state index in [1.54, 1.807) is 0 Å². The lowest BCUT2D eigenvalue weighted by Gasteiger charge is -2.24. The van der Waals surface area contributed by atoms with Gasteiger partial charge in [-0.2, -0.15) is 0 Å². The first-order valence-corrected chi connectivity index (χ1v) is 12.9. The number of rotatable bonds is 1. The lowest BCUT2D eigenvalue weighted by Crippen LogP contribution is -2.38. The number of fused-ring (bicyclic) bond motifs is 3. The molecule has 0 saturated carbocycles. The fraction of sp³-hybridized carbons (Fsp3) is 0.217. The predicted molar refractivity (Wildman–Crippen MR) is 114 cm³/mol.